The van der Waals surface area contributed by atoms with E-state index in [1.54, 1.807) is 6.07 Å². The van der Waals surface area contributed by atoms with E-state index in [1.807, 2.05) is 0 Å². The van der Waals surface area contributed by atoms with E-state index in [2.05, 4.69) is 5.32 Å². The van der Waals surface area contributed by atoms with Gasteiger partial charge in [0, 0.05) is 11.6 Å². The van der Waals surface area contributed by atoms with Gasteiger partial charge in [-0.15, -0.1) is 0 Å². The van der Waals surface area contributed by atoms with Gasteiger partial charge in [-0.3, -0.25) is 0 Å². The Labute approximate surface area is 111 Å². The van der Waals surface area contributed by atoms with Crippen molar-refractivity contribution in [3.05, 3.63) is 23.3 Å². The summed E-state index contributed by atoms with van der Waals surface area (Å²) < 4.78 is 36.5. The fourth-order valence-corrected chi connectivity index (χ4v) is 2.51. The molecule has 3 nitrogen and oxygen atoms in total. The number of rotatable bonds is 5. The summed E-state index contributed by atoms with van der Waals surface area (Å²) in [5.41, 5.74) is 0.665. The van der Waals surface area contributed by atoms with E-state index in [-0.39, 0.29) is 11.6 Å². The minimum atomic E-state index is -2.50. The third kappa shape index (κ3) is 3.15. The molecule has 1 aromatic carbocycles. The standard InChI is InChI=1S/C14H19F2NO2/c1-18-12-7-9(6-10-4-3-5-17-10)11(14(15)16)8-13(12)19-2/h7-8,10,14,17H,3-6H2,1-2H3. The highest BCUT2D eigenvalue weighted by atomic mass is 19.3. The average molecular weight is 271 g/mol. The van der Waals surface area contributed by atoms with Crippen molar-refractivity contribution in [3.63, 3.8) is 0 Å². The first-order valence-electron chi connectivity index (χ1n) is 6.42. The summed E-state index contributed by atoms with van der Waals surface area (Å²) in [4.78, 5) is 0. The summed E-state index contributed by atoms with van der Waals surface area (Å²) in [6.45, 7) is 0.960. The topological polar surface area (TPSA) is 30.5 Å². The van der Waals surface area contributed by atoms with Gasteiger partial charge in [-0.25, -0.2) is 8.78 Å². The van der Waals surface area contributed by atoms with Crippen molar-refractivity contribution in [2.45, 2.75) is 31.7 Å². The van der Waals surface area contributed by atoms with Gasteiger partial charge >= 0.3 is 0 Å². The van der Waals surface area contributed by atoms with Gasteiger partial charge in [-0.2, -0.15) is 0 Å². The second-order valence-electron chi connectivity index (χ2n) is 4.70. The van der Waals surface area contributed by atoms with Crippen molar-refractivity contribution in [1.29, 1.82) is 0 Å². The van der Waals surface area contributed by atoms with Crippen LogP contribution in [0.4, 0.5) is 8.78 Å². The highest BCUT2D eigenvalue weighted by molar-refractivity contribution is 5.48. The van der Waals surface area contributed by atoms with Crippen LogP contribution in [0.5, 0.6) is 11.5 Å². The molecule has 1 saturated heterocycles. The van der Waals surface area contributed by atoms with E-state index < -0.39 is 6.43 Å². The molecule has 0 radical (unpaired) electrons. The summed E-state index contributed by atoms with van der Waals surface area (Å²) in [7, 11) is 2.96. The van der Waals surface area contributed by atoms with Gasteiger partial charge in [0.05, 0.1) is 14.2 Å². The second kappa shape index (κ2) is 6.19. The van der Waals surface area contributed by atoms with E-state index in [9.17, 15) is 8.78 Å². The third-order valence-corrected chi connectivity index (χ3v) is 3.51. The molecular weight excluding hydrogens is 252 g/mol. The van der Waals surface area contributed by atoms with E-state index in [0.717, 1.165) is 19.4 Å². The van der Waals surface area contributed by atoms with E-state index >= 15 is 0 Å². The molecule has 1 heterocycles. The Morgan fingerprint density at radius 2 is 1.95 bits per heavy atom. The number of halogens is 2. The Morgan fingerprint density at radius 1 is 1.26 bits per heavy atom. The largest absolute Gasteiger partial charge is 0.493 e. The third-order valence-electron chi connectivity index (χ3n) is 3.51. The van der Waals surface area contributed by atoms with Gasteiger partial charge in [0.2, 0.25) is 0 Å². The van der Waals surface area contributed by atoms with Crippen molar-refractivity contribution >= 4 is 0 Å². The van der Waals surface area contributed by atoms with Gasteiger partial charge in [0.15, 0.2) is 11.5 Å². The molecule has 1 aliphatic rings. The summed E-state index contributed by atoms with van der Waals surface area (Å²) in [6, 6.07) is 3.32. The number of hydrogen-bond donors (Lipinski definition) is 1. The Morgan fingerprint density at radius 3 is 2.47 bits per heavy atom. The molecule has 1 N–H and O–H groups in total. The average Bonchev–Trinajstić information content (AvgIpc) is 2.90. The Kier molecular flexibility index (Phi) is 4.58. The lowest BCUT2D eigenvalue weighted by Crippen LogP contribution is -2.24. The van der Waals surface area contributed by atoms with Crippen LogP contribution in [0.15, 0.2) is 12.1 Å². The minimum absolute atomic E-state index is 0.0337. The second-order valence-corrected chi connectivity index (χ2v) is 4.70. The molecule has 0 bridgehead atoms. The summed E-state index contributed by atoms with van der Waals surface area (Å²) in [5, 5.41) is 3.32. The first kappa shape index (κ1) is 14.1. The van der Waals surface area contributed by atoms with Gasteiger partial charge in [0.25, 0.3) is 6.43 Å². The molecule has 0 aliphatic carbocycles. The molecule has 1 aromatic rings. The Bertz CT molecular complexity index is 432. The predicted molar refractivity (Wildman–Crippen MR) is 69.2 cm³/mol. The fraction of sp³-hybridized carbons (Fsp3) is 0.571. The van der Waals surface area contributed by atoms with Crippen LogP contribution in [0.1, 0.15) is 30.4 Å². The summed E-state index contributed by atoms with van der Waals surface area (Å²) in [6.07, 6.45) is 0.218. The number of benzene rings is 1. The molecule has 0 spiro atoms. The minimum Gasteiger partial charge on any atom is -0.493 e. The van der Waals surface area contributed by atoms with Gasteiger partial charge in [0.1, 0.15) is 0 Å². The van der Waals surface area contributed by atoms with E-state index in [1.165, 1.54) is 20.3 Å². The lowest BCUT2D eigenvalue weighted by atomic mass is 9.98. The number of nitrogens with one attached hydrogen (secondary N) is 1. The molecule has 0 aromatic heterocycles. The predicted octanol–water partition coefficient (Wildman–Crippen LogP) is 2.94. The van der Waals surface area contributed by atoms with Crippen LogP contribution in [-0.4, -0.2) is 26.8 Å². The van der Waals surface area contributed by atoms with Crippen LogP contribution in [0.3, 0.4) is 0 Å². The lowest BCUT2D eigenvalue weighted by molar-refractivity contribution is 0.149. The molecule has 1 fully saturated rings. The van der Waals surface area contributed by atoms with Crippen molar-refractivity contribution in [2.75, 3.05) is 20.8 Å². The number of hydrogen-bond acceptors (Lipinski definition) is 3. The molecule has 0 saturated carbocycles. The monoisotopic (exact) mass is 271 g/mol. The summed E-state index contributed by atoms with van der Waals surface area (Å²) >= 11 is 0. The van der Waals surface area contributed by atoms with E-state index in [4.69, 9.17) is 9.47 Å². The molecule has 106 valence electrons. The summed E-state index contributed by atoms with van der Waals surface area (Å²) in [5.74, 6) is 0.848. The van der Waals surface area contributed by atoms with Crippen LogP contribution in [0.25, 0.3) is 0 Å². The van der Waals surface area contributed by atoms with Crippen molar-refractivity contribution < 1.29 is 18.3 Å². The number of methoxy groups -OCH3 is 2. The zero-order valence-electron chi connectivity index (χ0n) is 11.2. The fourth-order valence-electron chi connectivity index (χ4n) is 2.51. The van der Waals surface area contributed by atoms with E-state index in [0.29, 0.717) is 23.5 Å². The maximum absolute atomic E-state index is 13.1. The zero-order valence-corrected chi connectivity index (χ0v) is 11.2. The molecular formula is C14H19F2NO2. The van der Waals surface area contributed by atoms with Gasteiger partial charge < -0.3 is 14.8 Å². The Hall–Kier alpha value is -1.36. The maximum atomic E-state index is 13.1. The van der Waals surface area contributed by atoms with Crippen LogP contribution < -0.4 is 14.8 Å². The molecule has 1 unspecified atom stereocenters. The van der Waals surface area contributed by atoms with Gasteiger partial charge in [-0.1, -0.05) is 0 Å². The number of ether oxygens (including phenoxy) is 2. The molecule has 0 amide bonds. The SMILES string of the molecule is COc1cc(CC2CCCN2)c(C(F)F)cc1OC. The van der Waals surface area contributed by atoms with Crippen LogP contribution in [-0.2, 0) is 6.42 Å². The highest BCUT2D eigenvalue weighted by Crippen LogP contribution is 2.35. The lowest BCUT2D eigenvalue weighted by Gasteiger charge is -2.17. The first-order valence-corrected chi connectivity index (χ1v) is 6.42. The zero-order chi connectivity index (χ0) is 13.8. The van der Waals surface area contributed by atoms with Crippen LogP contribution >= 0.6 is 0 Å². The molecule has 1 atom stereocenters. The molecule has 19 heavy (non-hydrogen) atoms. The van der Waals surface area contributed by atoms with Crippen molar-refractivity contribution in [1.82, 2.24) is 5.32 Å². The van der Waals surface area contributed by atoms with Gasteiger partial charge in [-0.05, 0) is 43.5 Å². The quantitative estimate of drug-likeness (QED) is 0.893. The van der Waals surface area contributed by atoms with Crippen molar-refractivity contribution in [2.24, 2.45) is 0 Å². The number of alkyl halides is 2. The highest BCUT2D eigenvalue weighted by Gasteiger charge is 2.22. The normalized spacial score (nSPS) is 18.9. The molecule has 1 aliphatic heterocycles. The molecule has 2 rings (SSSR count). The van der Waals surface area contributed by atoms with Crippen LogP contribution in [0, 0.1) is 0 Å². The van der Waals surface area contributed by atoms with Crippen molar-refractivity contribution in [3.8, 4) is 11.5 Å². The van der Waals surface area contributed by atoms with Crippen LogP contribution in [0.2, 0.25) is 0 Å². The smallest absolute Gasteiger partial charge is 0.264 e. The first-order chi connectivity index (χ1) is 9.15. The Balaban J connectivity index is 2.32. The maximum Gasteiger partial charge on any atom is 0.264 e. The molecule has 5 heteroatoms.